The number of aryl methyl sites for hydroxylation is 1. The van der Waals surface area contributed by atoms with Crippen molar-refractivity contribution in [2.45, 2.75) is 46.6 Å². The molecule has 0 saturated carbocycles. The molecule has 21 heavy (non-hydrogen) atoms. The van der Waals surface area contributed by atoms with E-state index >= 15 is 0 Å². The molecule has 0 aromatic carbocycles. The van der Waals surface area contributed by atoms with Crippen LogP contribution in [0, 0.1) is 0 Å². The summed E-state index contributed by atoms with van der Waals surface area (Å²) >= 11 is 5.13. The fourth-order valence-corrected chi connectivity index (χ4v) is 2.32. The first-order valence-electron chi connectivity index (χ1n) is 7.12. The maximum absolute atomic E-state index is 11.7. The Morgan fingerprint density at radius 2 is 1.95 bits per heavy atom. The Hall–Kier alpha value is -1.76. The van der Waals surface area contributed by atoms with Gasteiger partial charge in [-0.3, -0.25) is 4.79 Å². The van der Waals surface area contributed by atoms with E-state index in [0.717, 1.165) is 24.1 Å². The number of rotatable bonds is 7. The largest absolute Gasteiger partial charge is 0.389 e. The number of thiocarbonyl (C=S) groups is 1. The van der Waals surface area contributed by atoms with Crippen LogP contribution >= 0.6 is 12.2 Å². The van der Waals surface area contributed by atoms with Crippen molar-refractivity contribution in [2.24, 2.45) is 5.73 Å². The summed E-state index contributed by atoms with van der Waals surface area (Å²) in [6.07, 6.45) is 1.53. The average Bonchev–Trinajstić information content (AvgIpc) is 2.42. The molecule has 7 heteroatoms. The first kappa shape index (κ1) is 17.3. The lowest BCUT2D eigenvalue weighted by atomic mass is 10.0. The number of carbonyl (C=O) groups excluding carboxylic acids is 1. The number of nitrogens with zero attached hydrogens (tertiary/aromatic N) is 2. The average molecular weight is 309 g/mol. The zero-order chi connectivity index (χ0) is 16.0. The van der Waals surface area contributed by atoms with Gasteiger partial charge in [0.1, 0.15) is 4.99 Å². The van der Waals surface area contributed by atoms with Crippen molar-refractivity contribution in [1.29, 1.82) is 0 Å². The van der Waals surface area contributed by atoms with E-state index in [1.54, 1.807) is 0 Å². The van der Waals surface area contributed by atoms with Crippen molar-refractivity contribution in [1.82, 2.24) is 15.5 Å². The van der Waals surface area contributed by atoms with Crippen molar-refractivity contribution >= 4 is 28.9 Å². The third kappa shape index (κ3) is 4.63. The van der Waals surface area contributed by atoms with Crippen LogP contribution in [0.25, 0.3) is 0 Å². The van der Waals surface area contributed by atoms with Crippen LogP contribution in [0.1, 0.15) is 44.5 Å². The summed E-state index contributed by atoms with van der Waals surface area (Å²) in [5.74, 6) is 0.355. The summed E-state index contributed by atoms with van der Waals surface area (Å²) in [6, 6.07) is 0.0918. The molecule has 0 spiro atoms. The summed E-state index contributed by atoms with van der Waals surface area (Å²) in [4.78, 5) is 12.0. The molecule has 0 aliphatic heterocycles. The Bertz CT molecular complexity index is 530. The minimum atomic E-state index is -0.113. The van der Waals surface area contributed by atoms with E-state index in [2.05, 4.69) is 20.8 Å². The Morgan fingerprint density at radius 3 is 2.43 bits per heavy atom. The lowest BCUT2D eigenvalue weighted by molar-refractivity contribution is -0.119. The number of amides is 1. The van der Waals surface area contributed by atoms with E-state index in [4.69, 9.17) is 18.0 Å². The van der Waals surface area contributed by atoms with Crippen LogP contribution in [0.15, 0.2) is 0 Å². The second-order valence-electron chi connectivity index (χ2n) is 5.00. The standard InChI is InChI=1S/C14H23N5OS/c1-5-9-10(6-2)18-19-14(12(9)13(15)21)16-7-11(20)17-8(3)4/h8H,5-7H2,1-4H3,(H2,15,21)(H,16,19)(H,17,20). The van der Waals surface area contributed by atoms with Crippen LogP contribution in [0.4, 0.5) is 5.82 Å². The molecular weight excluding hydrogens is 286 g/mol. The molecular formula is C14H23N5OS. The van der Waals surface area contributed by atoms with Crippen LogP contribution in [0.5, 0.6) is 0 Å². The van der Waals surface area contributed by atoms with Crippen LogP contribution in [-0.2, 0) is 17.6 Å². The normalized spacial score (nSPS) is 10.5. The number of nitrogens with two attached hydrogens (primary N) is 1. The fourth-order valence-electron chi connectivity index (χ4n) is 2.10. The molecule has 0 bridgehead atoms. The van der Waals surface area contributed by atoms with E-state index in [0.29, 0.717) is 11.4 Å². The molecule has 1 aromatic heterocycles. The molecule has 0 aliphatic rings. The molecule has 0 atom stereocenters. The highest BCUT2D eigenvalue weighted by molar-refractivity contribution is 7.80. The first-order valence-corrected chi connectivity index (χ1v) is 7.52. The maximum atomic E-state index is 11.7. The topological polar surface area (TPSA) is 92.9 Å². The van der Waals surface area contributed by atoms with Crippen LogP contribution in [-0.4, -0.2) is 33.7 Å². The SMILES string of the molecule is CCc1nnc(NCC(=O)NC(C)C)c(C(N)=S)c1CC. The second-order valence-corrected chi connectivity index (χ2v) is 5.44. The lowest BCUT2D eigenvalue weighted by Gasteiger charge is -2.16. The van der Waals surface area contributed by atoms with Gasteiger partial charge in [-0.05, 0) is 32.3 Å². The number of carbonyl (C=O) groups is 1. The fraction of sp³-hybridized carbons (Fsp3) is 0.571. The van der Waals surface area contributed by atoms with Crippen LogP contribution < -0.4 is 16.4 Å². The molecule has 0 aliphatic carbocycles. The maximum Gasteiger partial charge on any atom is 0.239 e. The van der Waals surface area contributed by atoms with E-state index < -0.39 is 0 Å². The van der Waals surface area contributed by atoms with E-state index in [-0.39, 0.29) is 23.5 Å². The monoisotopic (exact) mass is 309 g/mol. The highest BCUT2D eigenvalue weighted by Gasteiger charge is 2.17. The Labute approximate surface area is 130 Å². The summed E-state index contributed by atoms with van der Waals surface area (Å²) in [5, 5.41) is 14.1. The van der Waals surface area contributed by atoms with Crippen molar-refractivity contribution in [2.75, 3.05) is 11.9 Å². The van der Waals surface area contributed by atoms with E-state index in [1.165, 1.54) is 0 Å². The molecule has 0 saturated heterocycles. The van der Waals surface area contributed by atoms with Gasteiger partial charge in [0.25, 0.3) is 0 Å². The zero-order valence-corrected chi connectivity index (χ0v) is 13.8. The second kappa shape index (κ2) is 7.87. The number of aromatic nitrogens is 2. The van der Waals surface area contributed by atoms with Gasteiger partial charge in [-0.2, -0.15) is 5.10 Å². The molecule has 1 aromatic rings. The van der Waals surface area contributed by atoms with Crippen molar-refractivity contribution in [3.8, 4) is 0 Å². The van der Waals surface area contributed by atoms with Gasteiger partial charge in [0.2, 0.25) is 5.91 Å². The highest BCUT2D eigenvalue weighted by Crippen LogP contribution is 2.20. The molecule has 1 rings (SSSR count). The Morgan fingerprint density at radius 1 is 1.29 bits per heavy atom. The smallest absolute Gasteiger partial charge is 0.239 e. The van der Waals surface area contributed by atoms with Gasteiger partial charge in [-0.15, -0.1) is 5.10 Å². The molecule has 116 valence electrons. The third-order valence-electron chi connectivity index (χ3n) is 2.96. The molecule has 0 unspecified atom stereocenters. The quantitative estimate of drug-likeness (QED) is 0.655. The summed E-state index contributed by atoms with van der Waals surface area (Å²) in [7, 11) is 0. The van der Waals surface area contributed by atoms with Crippen molar-refractivity contribution in [3.63, 3.8) is 0 Å². The van der Waals surface area contributed by atoms with Gasteiger partial charge >= 0.3 is 0 Å². The molecule has 4 N–H and O–H groups in total. The minimum absolute atomic E-state index is 0.0918. The van der Waals surface area contributed by atoms with Crippen molar-refractivity contribution < 1.29 is 4.79 Å². The van der Waals surface area contributed by atoms with Gasteiger partial charge in [0, 0.05) is 6.04 Å². The van der Waals surface area contributed by atoms with Crippen molar-refractivity contribution in [3.05, 3.63) is 16.8 Å². The Kier molecular flexibility index (Phi) is 6.48. The van der Waals surface area contributed by atoms with Gasteiger partial charge < -0.3 is 16.4 Å². The molecule has 1 amide bonds. The molecule has 1 heterocycles. The summed E-state index contributed by atoms with van der Waals surface area (Å²) in [5.41, 5.74) is 8.40. The number of nitrogens with one attached hydrogen (secondary N) is 2. The van der Waals surface area contributed by atoms with Gasteiger partial charge in [-0.1, -0.05) is 26.1 Å². The predicted molar refractivity (Wildman–Crippen MR) is 88.4 cm³/mol. The molecule has 6 nitrogen and oxygen atoms in total. The van der Waals surface area contributed by atoms with Crippen LogP contribution in [0.2, 0.25) is 0 Å². The minimum Gasteiger partial charge on any atom is -0.389 e. The van der Waals surface area contributed by atoms with Gasteiger partial charge in [0.15, 0.2) is 5.82 Å². The molecule has 0 radical (unpaired) electrons. The van der Waals surface area contributed by atoms with Gasteiger partial charge in [0.05, 0.1) is 17.8 Å². The van der Waals surface area contributed by atoms with E-state index in [9.17, 15) is 4.79 Å². The number of hydrogen-bond acceptors (Lipinski definition) is 5. The number of hydrogen-bond donors (Lipinski definition) is 3. The lowest BCUT2D eigenvalue weighted by Crippen LogP contribution is -2.35. The first-order chi connectivity index (χ1) is 9.90. The summed E-state index contributed by atoms with van der Waals surface area (Å²) < 4.78 is 0. The van der Waals surface area contributed by atoms with E-state index in [1.807, 2.05) is 27.7 Å². The third-order valence-corrected chi connectivity index (χ3v) is 3.16. The highest BCUT2D eigenvalue weighted by atomic mass is 32.1. The number of anilines is 1. The predicted octanol–water partition coefficient (Wildman–Crippen LogP) is 1.17. The van der Waals surface area contributed by atoms with Gasteiger partial charge in [-0.25, -0.2) is 0 Å². The van der Waals surface area contributed by atoms with Crippen LogP contribution in [0.3, 0.4) is 0 Å². The molecule has 0 fully saturated rings. The summed E-state index contributed by atoms with van der Waals surface area (Å²) in [6.45, 7) is 7.95. The zero-order valence-electron chi connectivity index (χ0n) is 13.0. The Balaban J connectivity index is 3.02.